The van der Waals surface area contributed by atoms with Gasteiger partial charge in [-0.05, 0) is 19.1 Å². The quantitative estimate of drug-likeness (QED) is 0.651. The standard InChI is InChI=1S/C7H9N.C7H8O3S.BrH/c8-6-7-4-2-1-3-5-7;1-6-2-4-7(5-3-6)11(8,9)10;/h1-5H,6,8H2;2-5H,1H3,(H,8,9,10);1H/p-1. The maximum absolute atomic E-state index is 10.4. The summed E-state index contributed by atoms with van der Waals surface area (Å²) >= 11 is 0. The molecule has 2 aromatic carbocycles. The predicted molar refractivity (Wildman–Crippen MR) is 72.2 cm³/mol. The average Bonchev–Trinajstić information content (AvgIpc) is 2.40. The third-order valence-corrected chi connectivity index (χ3v) is 3.29. The number of hydrogen-bond acceptors (Lipinski definition) is 3. The van der Waals surface area contributed by atoms with Crippen molar-refractivity contribution in [3.8, 4) is 0 Å². The van der Waals surface area contributed by atoms with Crippen LogP contribution in [0.5, 0.6) is 0 Å². The van der Waals surface area contributed by atoms with E-state index in [0.29, 0.717) is 0 Å². The Morgan fingerprint density at radius 1 is 1.00 bits per heavy atom. The van der Waals surface area contributed by atoms with E-state index in [1.807, 2.05) is 25.1 Å². The van der Waals surface area contributed by atoms with E-state index in [2.05, 4.69) is 17.9 Å². The molecule has 0 spiro atoms. The molecule has 0 aliphatic carbocycles. The number of halogens is 1. The predicted octanol–water partition coefficient (Wildman–Crippen LogP) is -1.67. The SMILES string of the molecule is Cc1ccc(S(=O)(=O)[O-])cc1.[Br-].[NH3+]Cc1ccccc1. The van der Waals surface area contributed by atoms with Gasteiger partial charge in [-0.25, -0.2) is 8.42 Å². The minimum absolute atomic E-state index is 0. The lowest BCUT2D eigenvalue weighted by Gasteiger charge is -2.05. The summed E-state index contributed by atoms with van der Waals surface area (Å²) in [5.41, 5.74) is 5.98. The number of benzene rings is 2. The van der Waals surface area contributed by atoms with Crippen molar-refractivity contribution in [2.24, 2.45) is 0 Å². The second kappa shape index (κ2) is 8.86. The van der Waals surface area contributed by atoms with E-state index in [9.17, 15) is 13.0 Å². The van der Waals surface area contributed by atoms with Crippen LogP contribution in [0.2, 0.25) is 0 Å². The van der Waals surface area contributed by atoms with Gasteiger partial charge in [0, 0.05) is 5.56 Å². The van der Waals surface area contributed by atoms with Crippen molar-refractivity contribution in [1.82, 2.24) is 0 Å². The van der Waals surface area contributed by atoms with E-state index in [0.717, 1.165) is 12.1 Å². The normalized spacial score (nSPS) is 9.95. The smallest absolute Gasteiger partial charge is 0.124 e. The molecule has 2 rings (SSSR count). The van der Waals surface area contributed by atoms with Crippen LogP contribution in [0.4, 0.5) is 0 Å². The molecule has 0 saturated heterocycles. The highest BCUT2D eigenvalue weighted by molar-refractivity contribution is 7.85. The van der Waals surface area contributed by atoms with Gasteiger partial charge in [0.1, 0.15) is 10.1 Å². The van der Waals surface area contributed by atoms with Crippen LogP contribution in [0.1, 0.15) is 11.1 Å². The fraction of sp³-hybridized carbons (Fsp3) is 0.143. The molecule has 0 aromatic heterocycles. The van der Waals surface area contributed by atoms with Crippen molar-refractivity contribution in [2.75, 3.05) is 0 Å². The van der Waals surface area contributed by atoms with Crippen molar-refractivity contribution in [3.63, 3.8) is 0 Å². The minimum atomic E-state index is -4.27. The molecular formula is C14H17BrNO3S-. The summed E-state index contributed by atoms with van der Waals surface area (Å²) in [6.45, 7) is 2.71. The maximum atomic E-state index is 10.4. The topological polar surface area (TPSA) is 84.8 Å². The average molecular weight is 359 g/mol. The van der Waals surface area contributed by atoms with Crippen LogP contribution in [-0.2, 0) is 16.7 Å². The molecule has 6 heteroatoms. The Bertz CT molecular complexity index is 598. The van der Waals surface area contributed by atoms with Gasteiger partial charge in [-0.15, -0.1) is 0 Å². The zero-order valence-corrected chi connectivity index (χ0v) is 13.5. The van der Waals surface area contributed by atoms with Crippen molar-refractivity contribution >= 4 is 10.1 Å². The Morgan fingerprint density at radius 3 is 1.85 bits per heavy atom. The molecule has 0 aliphatic rings. The first-order valence-corrected chi connectivity index (χ1v) is 7.20. The van der Waals surface area contributed by atoms with Crippen molar-refractivity contribution in [2.45, 2.75) is 18.4 Å². The molecule has 0 bridgehead atoms. The molecule has 3 N–H and O–H groups in total. The molecule has 0 amide bonds. The van der Waals surface area contributed by atoms with E-state index >= 15 is 0 Å². The fourth-order valence-electron chi connectivity index (χ4n) is 1.35. The molecule has 0 fully saturated rings. The Labute approximate surface area is 130 Å². The van der Waals surface area contributed by atoms with Crippen molar-refractivity contribution in [3.05, 3.63) is 65.7 Å². The van der Waals surface area contributed by atoms with Gasteiger partial charge in [0.15, 0.2) is 0 Å². The lowest BCUT2D eigenvalue weighted by Crippen LogP contribution is -3.00. The monoisotopic (exact) mass is 358 g/mol. The fourth-order valence-corrected chi connectivity index (χ4v) is 1.82. The number of aryl methyl sites for hydroxylation is 1. The van der Waals surface area contributed by atoms with Crippen LogP contribution in [-0.4, -0.2) is 13.0 Å². The molecular weight excluding hydrogens is 342 g/mol. The molecule has 20 heavy (non-hydrogen) atoms. The third-order valence-electron chi connectivity index (χ3n) is 2.44. The van der Waals surface area contributed by atoms with Gasteiger partial charge in [0.25, 0.3) is 0 Å². The van der Waals surface area contributed by atoms with Gasteiger partial charge in [-0.3, -0.25) is 0 Å². The van der Waals surface area contributed by atoms with Crippen LogP contribution in [0.25, 0.3) is 0 Å². The van der Waals surface area contributed by atoms with Crippen molar-refractivity contribution in [1.29, 1.82) is 0 Å². The number of hydrogen-bond donors (Lipinski definition) is 1. The van der Waals surface area contributed by atoms with Crippen LogP contribution < -0.4 is 22.7 Å². The van der Waals surface area contributed by atoms with Gasteiger partial charge in [-0.2, -0.15) is 0 Å². The summed E-state index contributed by atoms with van der Waals surface area (Å²) in [5, 5.41) is 0. The molecule has 0 unspecified atom stereocenters. The van der Waals surface area contributed by atoms with Gasteiger partial charge < -0.3 is 27.3 Å². The Morgan fingerprint density at radius 2 is 1.50 bits per heavy atom. The zero-order valence-electron chi connectivity index (χ0n) is 11.1. The van der Waals surface area contributed by atoms with Gasteiger partial charge in [0.2, 0.25) is 0 Å². The van der Waals surface area contributed by atoms with E-state index in [1.165, 1.54) is 17.7 Å². The van der Waals surface area contributed by atoms with E-state index in [4.69, 9.17) is 0 Å². The summed E-state index contributed by atoms with van der Waals surface area (Å²) in [7, 11) is -4.27. The highest BCUT2D eigenvalue weighted by Gasteiger charge is 1.97. The van der Waals surface area contributed by atoms with Gasteiger partial charge in [-0.1, -0.05) is 48.0 Å². The Kier molecular flexibility index (Phi) is 8.33. The highest BCUT2D eigenvalue weighted by Crippen LogP contribution is 2.08. The second-order valence-electron chi connectivity index (χ2n) is 4.00. The molecule has 0 radical (unpaired) electrons. The lowest BCUT2D eigenvalue weighted by molar-refractivity contribution is -0.386. The molecule has 2 aromatic rings. The van der Waals surface area contributed by atoms with E-state index < -0.39 is 10.1 Å². The van der Waals surface area contributed by atoms with E-state index in [1.54, 1.807) is 12.1 Å². The first-order chi connectivity index (χ1) is 8.93. The molecule has 0 saturated carbocycles. The van der Waals surface area contributed by atoms with E-state index in [-0.39, 0.29) is 21.9 Å². The van der Waals surface area contributed by atoms with Gasteiger partial charge >= 0.3 is 0 Å². The van der Waals surface area contributed by atoms with Crippen LogP contribution >= 0.6 is 0 Å². The Balaban J connectivity index is 0.000000359. The zero-order chi connectivity index (χ0) is 14.3. The summed E-state index contributed by atoms with van der Waals surface area (Å²) in [6, 6.07) is 16.0. The van der Waals surface area contributed by atoms with Crippen molar-refractivity contribution < 1.29 is 35.7 Å². The summed E-state index contributed by atoms with van der Waals surface area (Å²) in [5.74, 6) is 0. The molecule has 0 aliphatic heterocycles. The second-order valence-corrected chi connectivity index (χ2v) is 5.38. The van der Waals surface area contributed by atoms with Crippen LogP contribution in [0.15, 0.2) is 59.5 Å². The summed E-state index contributed by atoms with van der Waals surface area (Å²) in [6.07, 6.45) is 0. The molecule has 0 heterocycles. The van der Waals surface area contributed by atoms with Gasteiger partial charge in [0.05, 0.1) is 11.4 Å². The molecule has 0 atom stereocenters. The molecule has 110 valence electrons. The Hall–Kier alpha value is -1.21. The third kappa shape index (κ3) is 6.81. The van der Waals surface area contributed by atoms with Crippen LogP contribution in [0.3, 0.4) is 0 Å². The largest absolute Gasteiger partial charge is 1.00 e. The highest BCUT2D eigenvalue weighted by atomic mass is 79.9. The number of rotatable bonds is 2. The summed E-state index contributed by atoms with van der Waals surface area (Å²) < 4.78 is 31.2. The first-order valence-electron chi connectivity index (χ1n) is 5.79. The lowest BCUT2D eigenvalue weighted by atomic mass is 10.2. The molecule has 4 nitrogen and oxygen atoms in total. The summed E-state index contributed by atoms with van der Waals surface area (Å²) in [4.78, 5) is -0.178. The minimum Gasteiger partial charge on any atom is -1.00 e. The maximum Gasteiger partial charge on any atom is 0.124 e. The number of quaternary nitrogens is 1. The first kappa shape index (κ1) is 18.8. The van der Waals surface area contributed by atoms with Crippen LogP contribution in [0, 0.1) is 6.92 Å².